The van der Waals surface area contributed by atoms with Gasteiger partial charge in [0.15, 0.2) is 5.17 Å². The van der Waals surface area contributed by atoms with Crippen LogP contribution in [0.1, 0.15) is 32.8 Å². The van der Waals surface area contributed by atoms with E-state index < -0.39 is 40.8 Å². The standard InChI is InChI=1S/C19H23F2N3O5S/c1-18(2,3)29-17(25)22-16-23-19(10-28-13(8-20)6-11(19)9-30-16)14-7-12(24(26)27)4-5-15(14)21/h4-5,7,11,13H,6,8-10H2,1-3H3,(H,22,23,25)/t11?,13-,19+/m1/s1. The minimum Gasteiger partial charge on any atom is -0.444 e. The summed E-state index contributed by atoms with van der Waals surface area (Å²) in [5.74, 6) is -0.616. The van der Waals surface area contributed by atoms with Crippen LogP contribution < -0.4 is 5.32 Å². The molecule has 1 aromatic carbocycles. The summed E-state index contributed by atoms with van der Waals surface area (Å²) >= 11 is 1.23. The van der Waals surface area contributed by atoms with E-state index in [2.05, 4.69) is 10.3 Å². The van der Waals surface area contributed by atoms with Crippen LogP contribution in [0.4, 0.5) is 19.3 Å². The van der Waals surface area contributed by atoms with Crippen molar-refractivity contribution < 1.29 is 28.0 Å². The third-order valence-electron chi connectivity index (χ3n) is 4.89. The zero-order valence-corrected chi connectivity index (χ0v) is 17.6. The molecule has 0 saturated carbocycles. The van der Waals surface area contributed by atoms with Crippen molar-refractivity contribution in [3.8, 4) is 0 Å². The Morgan fingerprint density at radius 3 is 2.87 bits per heavy atom. The monoisotopic (exact) mass is 443 g/mol. The number of ether oxygens (including phenoxy) is 2. The van der Waals surface area contributed by atoms with Gasteiger partial charge in [0.05, 0.1) is 17.6 Å². The summed E-state index contributed by atoms with van der Waals surface area (Å²) in [4.78, 5) is 27.3. The van der Waals surface area contributed by atoms with E-state index in [1.54, 1.807) is 20.8 Å². The second kappa shape index (κ2) is 8.46. The molecule has 0 radical (unpaired) electrons. The number of alkyl halides is 1. The molecule has 2 heterocycles. The SMILES string of the molecule is CC(C)(C)OC(=O)NC1=N[C@@]2(c3cc([N+](=O)[O-])ccc3F)CO[C@@H](CF)CC2CS1. The molecule has 1 fully saturated rings. The number of amides is 1. The van der Waals surface area contributed by atoms with E-state index in [1.807, 2.05) is 0 Å². The Kier molecular flexibility index (Phi) is 6.32. The van der Waals surface area contributed by atoms with E-state index in [0.717, 1.165) is 18.2 Å². The lowest BCUT2D eigenvalue weighted by Crippen LogP contribution is -2.51. The Morgan fingerprint density at radius 1 is 1.50 bits per heavy atom. The number of amidine groups is 1. The van der Waals surface area contributed by atoms with Gasteiger partial charge in [-0.15, -0.1) is 0 Å². The number of hydrogen-bond donors (Lipinski definition) is 1. The number of non-ortho nitro benzene ring substituents is 1. The first-order chi connectivity index (χ1) is 14.0. The van der Waals surface area contributed by atoms with E-state index in [4.69, 9.17) is 9.47 Å². The molecule has 30 heavy (non-hydrogen) atoms. The molecule has 3 rings (SSSR count). The number of alkyl carbamates (subject to hydrolysis) is 1. The quantitative estimate of drug-likeness (QED) is 0.561. The van der Waals surface area contributed by atoms with Crippen LogP contribution in [0.5, 0.6) is 0 Å². The predicted molar refractivity (Wildman–Crippen MR) is 108 cm³/mol. The second-order valence-electron chi connectivity index (χ2n) is 8.22. The number of nitrogens with zero attached hydrogens (tertiary/aromatic N) is 2. The van der Waals surface area contributed by atoms with Gasteiger partial charge in [0.2, 0.25) is 0 Å². The number of benzene rings is 1. The van der Waals surface area contributed by atoms with E-state index in [9.17, 15) is 23.7 Å². The van der Waals surface area contributed by atoms with Crippen LogP contribution in [0.15, 0.2) is 23.2 Å². The summed E-state index contributed by atoms with van der Waals surface area (Å²) in [6.45, 7) is 4.28. The third kappa shape index (κ3) is 4.72. The Balaban J connectivity index is 2.02. The van der Waals surface area contributed by atoms with E-state index in [1.165, 1.54) is 11.8 Å². The highest BCUT2D eigenvalue weighted by Gasteiger charge is 2.50. The molecule has 1 aromatic rings. The van der Waals surface area contributed by atoms with Crippen molar-refractivity contribution in [2.45, 2.75) is 44.4 Å². The normalized spacial score (nSPS) is 26.4. The molecule has 0 bridgehead atoms. The second-order valence-corrected chi connectivity index (χ2v) is 9.23. The van der Waals surface area contributed by atoms with Crippen molar-refractivity contribution in [2.75, 3.05) is 19.0 Å². The highest BCUT2D eigenvalue weighted by Crippen LogP contribution is 2.47. The highest BCUT2D eigenvalue weighted by molar-refractivity contribution is 8.13. The van der Waals surface area contributed by atoms with Gasteiger partial charge in [-0.05, 0) is 33.3 Å². The molecule has 2 aliphatic heterocycles. The molecule has 1 amide bonds. The predicted octanol–water partition coefficient (Wildman–Crippen LogP) is 3.93. The van der Waals surface area contributed by atoms with Crippen molar-refractivity contribution in [1.29, 1.82) is 0 Å². The average Bonchev–Trinajstić information content (AvgIpc) is 2.66. The Bertz CT molecular complexity index is 876. The number of nitro benzene ring substituents is 1. The van der Waals surface area contributed by atoms with Crippen molar-refractivity contribution in [1.82, 2.24) is 5.32 Å². The molecule has 11 heteroatoms. The molecule has 0 aliphatic carbocycles. The van der Waals surface area contributed by atoms with Gasteiger partial charge >= 0.3 is 6.09 Å². The number of nitrogens with one attached hydrogen (secondary N) is 1. The van der Waals surface area contributed by atoms with Crippen LogP contribution in [0.3, 0.4) is 0 Å². The molecule has 0 spiro atoms. The zero-order chi connectivity index (χ0) is 22.1. The van der Waals surface area contributed by atoms with Crippen LogP contribution in [0.25, 0.3) is 0 Å². The van der Waals surface area contributed by atoms with Crippen LogP contribution in [-0.4, -0.2) is 46.9 Å². The van der Waals surface area contributed by atoms with Gasteiger partial charge in [0.25, 0.3) is 5.69 Å². The Hall–Kier alpha value is -2.27. The lowest BCUT2D eigenvalue weighted by molar-refractivity contribution is -0.385. The summed E-state index contributed by atoms with van der Waals surface area (Å²) < 4.78 is 38.9. The molecule has 1 N–H and O–H groups in total. The number of fused-ring (bicyclic) bond motifs is 1. The Labute approximate surface area is 176 Å². The van der Waals surface area contributed by atoms with Crippen LogP contribution in [-0.2, 0) is 15.0 Å². The minimum atomic E-state index is -1.32. The highest BCUT2D eigenvalue weighted by atomic mass is 32.2. The van der Waals surface area contributed by atoms with Crippen LogP contribution in [0, 0.1) is 21.8 Å². The largest absolute Gasteiger partial charge is 0.444 e. The molecule has 2 aliphatic rings. The van der Waals surface area contributed by atoms with Gasteiger partial charge < -0.3 is 9.47 Å². The summed E-state index contributed by atoms with van der Waals surface area (Å²) in [5.41, 5.74) is -2.35. The minimum absolute atomic E-state index is 0.0113. The zero-order valence-electron chi connectivity index (χ0n) is 16.8. The number of hydrogen-bond acceptors (Lipinski definition) is 7. The number of carbonyl (C=O) groups is 1. The lowest BCUT2D eigenvalue weighted by Gasteiger charge is -2.46. The number of aliphatic imine (C=N–C) groups is 1. The Morgan fingerprint density at radius 2 is 2.23 bits per heavy atom. The van der Waals surface area contributed by atoms with E-state index >= 15 is 0 Å². The number of thioether (sulfide) groups is 1. The topological polar surface area (TPSA) is 103 Å². The maximum absolute atomic E-state index is 14.8. The van der Waals surface area contributed by atoms with Gasteiger partial charge in [-0.3, -0.25) is 15.4 Å². The molecular formula is C19H23F2N3O5S. The van der Waals surface area contributed by atoms with Gasteiger partial charge in [0, 0.05) is 29.4 Å². The first kappa shape index (κ1) is 22.4. The molecule has 3 atom stereocenters. The molecule has 1 saturated heterocycles. The van der Waals surface area contributed by atoms with Crippen molar-refractivity contribution in [3.63, 3.8) is 0 Å². The van der Waals surface area contributed by atoms with Crippen molar-refractivity contribution in [3.05, 3.63) is 39.7 Å². The smallest absolute Gasteiger partial charge is 0.413 e. The molecular weight excluding hydrogens is 420 g/mol. The first-order valence-corrected chi connectivity index (χ1v) is 10.4. The van der Waals surface area contributed by atoms with Gasteiger partial charge in [-0.1, -0.05) is 11.8 Å². The van der Waals surface area contributed by atoms with Crippen LogP contribution >= 0.6 is 11.8 Å². The fraction of sp³-hybridized carbons (Fsp3) is 0.579. The number of carbonyl (C=O) groups excluding carboxylic acids is 1. The van der Waals surface area contributed by atoms with E-state index in [-0.39, 0.29) is 35.4 Å². The molecule has 1 unspecified atom stereocenters. The first-order valence-electron chi connectivity index (χ1n) is 9.39. The summed E-state index contributed by atoms with van der Waals surface area (Å²) in [7, 11) is 0. The average molecular weight is 443 g/mol. The summed E-state index contributed by atoms with van der Waals surface area (Å²) in [6, 6.07) is 3.21. The molecule has 0 aromatic heterocycles. The van der Waals surface area contributed by atoms with Gasteiger partial charge in [0.1, 0.15) is 23.6 Å². The van der Waals surface area contributed by atoms with Crippen molar-refractivity contribution >= 4 is 28.7 Å². The number of nitro groups is 1. The van der Waals surface area contributed by atoms with Crippen LogP contribution in [0.2, 0.25) is 0 Å². The molecule has 164 valence electrons. The van der Waals surface area contributed by atoms with Gasteiger partial charge in [-0.25, -0.2) is 18.6 Å². The maximum atomic E-state index is 14.8. The fourth-order valence-electron chi connectivity index (χ4n) is 3.54. The maximum Gasteiger partial charge on any atom is 0.413 e. The summed E-state index contributed by atoms with van der Waals surface area (Å²) in [6.07, 6.45) is -1.10. The molecule has 8 nitrogen and oxygen atoms in total. The number of rotatable bonds is 3. The lowest BCUT2D eigenvalue weighted by atomic mass is 9.75. The van der Waals surface area contributed by atoms with Gasteiger partial charge in [-0.2, -0.15) is 0 Å². The third-order valence-corrected chi connectivity index (χ3v) is 5.93. The number of halogens is 2. The summed E-state index contributed by atoms with van der Waals surface area (Å²) in [5, 5.41) is 14.0. The van der Waals surface area contributed by atoms with Crippen molar-refractivity contribution in [2.24, 2.45) is 10.9 Å². The fourth-order valence-corrected chi connectivity index (χ4v) is 4.70. The van der Waals surface area contributed by atoms with E-state index in [0.29, 0.717) is 5.75 Å².